The van der Waals surface area contributed by atoms with E-state index in [9.17, 15) is 5.11 Å². The number of nitrogens with zero attached hydrogens (tertiary/aromatic N) is 1. The summed E-state index contributed by atoms with van der Waals surface area (Å²) in [5.41, 5.74) is 4.18. The van der Waals surface area contributed by atoms with Crippen molar-refractivity contribution in [2.45, 2.75) is 49.4 Å². The van der Waals surface area contributed by atoms with E-state index >= 15 is 0 Å². The maximum absolute atomic E-state index is 11.4. The highest BCUT2D eigenvalue weighted by Gasteiger charge is 2.73. The van der Waals surface area contributed by atoms with E-state index in [1.165, 1.54) is 17.7 Å². The molecule has 1 spiro atoms. The molecule has 5 heterocycles. The lowest BCUT2D eigenvalue weighted by Crippen LogP contribution is -2.66. The molecule has 1 saturated carbocycles. The third-order valence-corrected chi connectivity index (χ3v) is 7.59. The van der Waals surface area contributed by atoms with Gasteiger partial charge in [0.25, 0.3) is 0 Å². The van der Waals surface area contributed by atoms with Crippen LogP contribution in [0.25, 0.3) is 0 Å². The Kier molecular flexibility index (Phi) is 1.99. The quantitative estimate of drug-likeness (QED) is 0.720. The zero-order valence-electron chi connectivity index (χ0n) is 12.9. The number of nitrogens with one attached hydrogen (secondary N) is 1. The van der Waals surface area contributed by atoms with E-state index in [0.29, 0.717) is 30.0 Å². The summed E-state index contributed by atoms with van der Waals surface area (Å²) in [7, 11) is 0. The van der Waals surface area contributed by atoms with Crippen molar-refractivity contribution in [2.24, 2.45) is 11.8 Å². The van der Waals surface area contributed by atoms with Crippen LogP contribution < -0.4 is 5.32 Å². The highest BCUT2D eigenvalue weighted by atomic mass is 16.3. The lowest BCUT2D eigenvalue weighted by Gasteiger charge is -2.57. The number of fused-ring (bicyclic) bond motifs is 2. The Bertz CT molecular complexity index is 713. The normalized spacial score (nSPS) is 54.5. The lowest BCUT2D eigenvalue weighted by atomic mass is 9.65. The molecular formula is C19H22N2O. The van der Waals surface area contributed by atoms with Gasteiger partial charge in [-0.25, -0.2) is 0 Å². The SMILES string of the molecule is C/C=C1\CN2C3CC45c6ccccc6NC4C2CC1C3C5O. The summed E-state index contributed by atoms with van der Waals surface area (Å²) in [5, 5.41) is 15.2. The Balaban J connectivity index is 1.60. The van der Waals surface area contributed by atoms with Crippen molar-refractivity contribution in [3.63, 3.8) is 0 Å². The van der Waals surface area contributed by atoms with Crippen molar-refractivity contribution >= 4 is 5.69 Å². The number of allylic oxidation sites excluding steroid dienone is 1. The van der Waals surface area contributed by atoms with Crippen LogP contribution in [0.1, 0.15) is 25.3 Å². The third kappa shape index (κ3) is 1.05. The standard InChI is InChI=1S/C19H22N2O/c1-2-10-9-21-14-7-11(10)16-15(21)8-19(18(16)22)12-5-3-4-6-13(12)20-17(14)19/h2-6,11,14-18,20,22H,7-9H2,1H3/b10-2+. The average molecular weight is 294 g/mol. The molecular weight excluding hydrogens is 272 g/mol. The molecule has 5 aliphatic heterocycles. The highest BCUT2D eigenvalue weighted by molar-refractivity contribution is 5.65. The number of piperidine rings is 4. The first-order valence-corrected chi connectivity index (χ1v) is 8.70. The number of aliphatic hydroxyl groups is 1. The fourth-order valence-electron chi connectivity index (χ4n) is 6.87. The summed E-state index contributed by atoms with van der Waals surface area (Å²) in [6.07, 6.45) is 4.47. The minimum atomic E-state index is -0.200. The van der Waals surface area contributed by atoms with Crippen molar-refractivity contribution < 1.29 is 5.11 Å². The predicted molar refractivity (Wildman–Crippen MR) is 85.8 cm³/mol. The van der Waals surface area contributed by atoms with Crippen LogP contribution in [0.5, 0.6) is 0 Å². The largest absolute Gasteiger partial charge is 0.392 e. The van der Waals surface area contributed by atoms with Crippen molar-refractivity contribution in [1.29, 1.82) is 0 Å². The van der Waals surface area contributed by atoms with Crippen LogP contribution in [-0.4, -0.2) is 40.8 Å². The van der Waals surface area contributed by atoms with Crippen LogP contribution in [0, 0.1) is 11.8 Å². The number of rotatable bonds is 0. The first-order valence-electron chi connectivity index (χ1n) is 8.70. The summed E-state index contributed by atoms with van der Waals surface area (Å²) in [5.74, 6) is 1.05. The van der Waals surface area contributed by atoms with Crippen LogP contribution in [0.2, 0.25) is 0 Å². The van der Waals surface area contributed by atoms with Crippen LogP contribution >= 0.6 is 0 Å². The van der Waals surface area contributed by atoms with Crippen LogP contribution in [0.3, 0.4) is 0 Å². The zero-order chi connectivity index (χ0) is 14.6. The number of para-hydroxylation sites is 1. The van der Waals surface area contributed by atoms with Crippen molar-refractivity contribution in [3.8, 4) is 0 Å². The first-order chi connectivity index (χ1) is 10.8. The fourth-order valence-corrected chi connectivity index (χ4v) is 6.87. The summed E-state index contributed by atoms with van der Waals surface area (Å²) in [6.45, 7) is 3.30. The van der Waals surface area contributed by atoms with Gasteiger partial charge in [-0.3, -0.25) is 4.90 Å². The Morgan fingerprint density at radius 1 is 1.32 bits per heavy atom. The molecule has 4 saturated heterocycles. The molecule has 0 aromatic heterocycles. The minimum absolute atomic E-state index is 0.0367. The average Bonchev–Trinajstić information content (AvgIpc) is 3.02. The van der Waals surface area contributed by atoms with Crippen LogP contribution in [0.15, 0.2) is 35.9 Å². The van der Waals surface area contributed by atoms with Gasteiger partial charge in [-0.05, 0) is 37.3 Å². The van der Waals surface area contributed by atoms with Crippen molar-refractivity contribution in [1.82, 2.24) is 4.90 Å². The Labute approximate surface area is 131 Å². The van der Waals surface area contributed by atoms with Crippen LogP contribution in [-0.2, 0) is 5.41 Å². The second-order valence-corrected chi connectivity index (χ2v) is 7.95. The minimum Gasteiger partial charge on any atom is -0.392 e. The van der Waals surface area contributed by atoms with Gasteiger partial charge in [0.1, 0.15) is 0 Å². The highest BCUT2D eigenvalue weighted by Crippen LogP contribution is 2.66. The van der Waals surface area contributed by atoms with E-state index in [0.717, 1.165) is 13.0 Å². The number of benzene rings is 1. The van der Waals surface area contributed by atoms with Crippen LogP contribution in [0.4, 0.5) is 5.69 Å². The summed E-state index contributed by atoms with van der Waals surface area (Å²) in [6, 6.07) is 10.3. The van der Waals surface area contributed by atoms with Gasteiger partial charge in [-0.1, -0.05) is 29.8 Å². The molecule has 0 amide bonds. The zero-order valence-corrected chi connectivity index (χ0v) is 12.9. The van der Waals surface area contributed by atoms with E-state index in [1.54, 1.807) is 5.57 Å². The molecule has 6 aliphatic rings. The number of hydrogen-bond acceptors (Lipinski definition) is 3. The van der Waals surface area contributed by atoms with Gasteiger partial charge in [-0.15, -0.1) is 0 Å². The molecule has 3 heteroatoms. The summed E-state index contributed by atoms with van der Waals surface area (Å²) in [4.78, 5) is 2.72. The molecule has 3 nitrogen and oxygen atoms in total. The van der Waals surface area contributed by atoms with E-state index in [1.807, 2.05) is 0 Å². The van der Waals surface area contributed by atoms with Gasteiger partial charge >= 0.3 is 0 Å². The monoisotopic (exact) mass is 294 g/mol. The lowest BCUT2D eigenvalue weighted by molar-refractivity contribution is -0.0318. The predicted octanol–water partition coefficient (Wildman–Crippen LogP) is 2.13. The Hall–Kier alpha value is -1.32. The Morgan fingerprint density at radius 3 is 3.05 bits per heavy atom. The number of anilines is 1. The molecule has 1 aliphatic carbocycles. The van der Waals surface area contributed by atoms with E-state index in [2.05, 4.69) is 47.5 Å². The fraction of sp³-hybridized carbons (Fsp3) is 0.579. The third-order valence-electron chi connectivity index (χ3n) is 7.59. The number of aliphatic hydroxyl groups excluding tert-OH is 1. The molecule has 2 N–H and O–H groups in total. The van der Waals surface area contributed by atoms with Crippen molar-refractivity contribution in [2.75, 3.05) is 11.9 Å². The van der Waals surface area contributed by atoms with Gasteiger partial charge < -0.3 is 10.4 Å². The summed E-state index contributed by atoms with van der Waals surface area (Å²) >= 11 is 0. The van der Waals surface area contributed by atoms with Gasteiger partial charge in [-0.2, -0.15) is 0 Å². The molecule has 7 rings (SSSR count). The van der Waals surface area contributed by atoms with Gasteiger partial charge in [0, 0.05) is 35.6 Å². The molecule has 114 valence electrons. The smallest absolute Gasteiger partial charge is 0.0707 e. The van der Waals surface area contributed by atoms with E-state index < -0.39 is 0 Å². The first kappa shape index (κ1) is 12.1. The molecule has 0 radical (unpaired) electrons. The summed E-state index contributed by atoms with van der Waals surface area (Å²) < 4.78 is 0. The molecule has 5 fully saturated rings. The molecule has 1 aromatic rings. The van der Waals surface area contributed by atoms with Gasteiger partial charge in [0.15, 0.2) is 0 Å². The maximum atomic E-state index is 11.4. The Morgan fingerprint density at radius 2 is 2.18 bits per heavy atom. The maximum Gasteiger partial charge on any atom is 0.0707 e. The van der Waals surface area contributed by atoms with E-state index in [-0.39, 0.29) is 11.5 Å². The molecule has 8 unspecified atom stereocenters. The van der Waals surface area contributed by atoms with Gasteiger partial charge in [0.2, 0.25) is 0 Å². The molecule has 22 heavy (non-hydrogen) atoms. The topological polar surface area (TPSA) is 35.5 Å². The van der Waals surface area contributed by atoms with E-state index in [4.69, 9.17) is 0 Å². The molecule has 1 aromatic carbocycles. The second kappa shape index (κ2) is 3.60. The molecule has 8 atom stereocenters. The van der Waals surface area contributed by atoms with Gasteiger partial charge in [0.05, 0.1) is 12.1 Å². The van der Waals surface area contributed by atoms with Crippen molar-refractivity contribution in [3.05, 3.63) is 41.5 Å². The second-order valence-electron chi connectivity index (χ2n) is 7.95. The number of hydrogen-bond donors (Lipinski definition) is 2. The molecule has 5 bridgehead atoms.